The smallest absolute Gasteiger partial charge is 0.416 e. The quantitative estimate of drug-likeness (QED) is 0.683. The van der Waals surface area contributed by atoms with Crippen molar-refractivity contribution in [3.63, 3.8) is 0 Å². The van der Waals surface area contributed by atoms with Gasteiger partial charge >= 0.3 is 11.8 Å². The van der Waals surface area contributed by atoms with Gasteiger partial charge in [-0.15, -0.1) is 0 Å². The van der Waals surface area contributed by atoms with Gasteiger partial charge in [0.1, 0.15) is 0 Å². The number of nitrogens with zero attached hydrogens (tertiary/aromatic N) is 1. The number of hydrogen-bond acceptors (Lipinski definition) is 3. The van der Waals surface area contributed by atoms with Crippen LogP contribution in [0.5, 0.6) is 0 Å². The van der Waals surface area contributed by atoms with Crippen LogP contribution in [0.4, 0.5) is 13.2 Å². The SMILES string of the molecule is O=c1oc2cnccc2cc1-c1ccc(C(F)(F)F)cc1. The minimum atomic E-state index is -4.40. The van der Waals surface area contributed by atoms with Crippen LogP contribution in [0.25, 0.3) is 22.1 Å². The standard InChI is InChI=1S/C15H8F3NO2/c16-15(17,18)11-3-1-9(2-4-11)12-7-10-5-6-19-8-13(10)21-14(12)20/h1-8H. The predicted molar refractivity (Wildman–Crippen MR) is 70.7 cm³/mol. The molecule has 0 aliphatic carbocycles. The molecule has 2 aromatic heterocycles. The zero-order chi connectivity index (χ0) is 15.0. The molecule has 0 bridgehead atoms. The Kier molecular flexibility index (Phi) is 3.01. The number of halogens is 3. The second-order valence-corrected chi connectivity index (χ2v) is 4.44. The third-order valence-electron chi connectivity index (χ3n) is 3.06. The molecule has 0 fully saturated rings. The Morgan fingerprint density at radius 1 is 1.05 bits per heavy atom. The summed E-state index contributed by atoms with van der Waals surface area (Å²) in [5, 5.41) is 0.652. The highest BCUT2D eigenvalue weighted by atomic mass is 19.4. The van der Waals surface area contributed by atoms with Crippen LogP contribution in [0.15, 0.2) is 58.0 Å². The fraction of sp³-hybridized carbons (Fsp3) is 0.0667. The maximum absolute atomic E-state index is 12.5. The highest BCUT2D eigenvalue weighted by Crippen LogP contribution is 2.30. The molecule has 21 heavy (non-hydrogen) atoms. The molecular weight excluding hydrogens is 283 g/mol. The monoisotopic (exact) mass is 291 g/mol. The number of alkyl halides is 3. The van der Waals surface area contributed by atoms with Crippen molar-refractivity contribution in [1.29, 1.82) is 0 Å². The fourth-order valence-corrected chi connectivity index (χ4v) is 2.00. The van der Waals surface area contributed by atoms with Gasteiger partial charge in [-0.3, -0.25) is 4.98 Å². The van der Waals surface area contributed by atoms with Crippen LogP contribution < -0.4 is 5.63 Å². The Morgan fingerprint density at radius 3 is 2.43 bits per heavy atom. The van der Waals surface area contributed by atoms with Gasteiger partial charge in [-0.2, -0.15) is 13.2 Å². The van der Waals surface area contributed by atoms with Crippen LogP contribution in [0.1, 0.15) is 5.56 Å². The number of rotatable bonds is 1. The molecule has 0 radical (unpaired) electrons. The van der Waals surface area contributed by atoms with E-state index < -0.39 is 17.4 Å². The van der Waals surface area contributed by atoms with Crippen LogP contribution in [-0.2, 0) is 6.18 Å². The van der Waals surface area contributed by atoms with Crippen molar-refractivity contribution >= 4 is 11.0 Å². The maximum atomic E-state index is 12.5. The molecule has 3 aromatic rings. The summed E-state index contributed by atoms with van der Waals surface area (Å²) in [4.78, 5) is 15.7. The van der Waals surface area contributed by atoms with Gasteiger partial charge in [0.2, 0.25) is 0 Å². The van der Waals surface area contributed by atoms with Gasteiger partial charge in [0.05, 0.1) is 17.3 Å². The molecule has 3 nitrogen and oxygen atoms in total. The van der Waals surface area contributed by atoms with E-state index >= 15 is 0 Å². The molecule has 106 valence electrons. The highest BCUT2D eigenvalue weighted by Gasteiger charge is 2.30. The van der Waals surface area contributed by atoms with Crippen molar-refractivity contribution in [1.82, 2.24) is 4.98 Å². The van der Waals surface area contributed by atoms with Gasteiger partial charge in [0.15, 0.2) is 5.58 Å². The topological polar surface area (TPSA) is 43.1 Å². The Balaban J connectivity index is 2.12. The zero-order valence-corrected chi connectivity index (χ0v) is 10.5. The van der Waals surface area contributed by atoms with Gasteiger partial charge < -0.3 is 4.42 Å². The summed E-state index contributed by atoms with van der Waals surface area (Å²) in [5.74, 6) is 0. The molecule has 0 saturated heterocycles. The summed E-state index contributed by atoms with van der Waals surface area (Å²) in [6.45, 7) is 0. The second-order valence-electron chi connectivity index (χ2n) is 4.44. The average Bonchev–Trinajstić information content (AvgIpc) is 2.46. The Hall–Kier alpha value is -2.63. The number of aromatic nitrogens is 1. The first-order valence-electron chi connectivity index (χ1n) is 6.01. The van der Waals surface area contributed by atoms with E-state index in [-0.39, 0.29) is 5.56 Å². The minimum Gasteiger partial charge on any atom is -0.421 e. The number of benzene rings is 1. The Bertz CT molecular complexity index is 851. The molecule has 1 aromatic carbocycles. The lowest BCUT2D eigenvalue weighted by molar-refractivity contribution is -0.137. The van der Waals surface area contributed by atoms with E-state index in [9.17, 15) is 18.0 Å². The minimum absolute atomic E-state index is 0.211. The molecule has 0 N–H and O–H groups in total. The fourth-order valence-electron chi connectivity index (χ4n) is 2.00. The molecule has 3 rings (SSSR count). The van der Waals surface area contributed by atoms with Crippen molar-refractivity contribution in [2.24, 2.45) is 0 Å². The number of pyridine rings is 1. The van der Waals surface area contributed by atoms with E-state index in [0.717, 1.165) is 12.1 Å². The lowest BCUT2D eigenvalue weighted by Gasteiger charge is -2.07. The summed E-state index contributed by atoms with van der Waals surface area (Å²) >= 11 is 0. The van der Waals surface area contributed by atoms with Crippen LogP contribution in [0.2, 0.25) is 0 Å². The first-order chi connectivity index (χ1) is 9.95. The normalized spacial score (nSPS) is 11.8. The van der Waals surface area contributed by atoms with Crippen molar-refractivity contribution in [2.75, 3.05) is 0 Å². The highest BCUT2D eigenvalue weighted by molar-refractivity contribution is 5.80. The lowest BCUT2D eigenvalue weighted by atomic mass is 10.0. The van der Waals surface area contributed by atoms with Crippen molar-refractivity contribution in [3.8, 4) is 11.1 Å². The summed E-state index contributed by atoms with van der Waals surface area (Å²) in [6, 6.07) is 7.61. The van der Waals surface area contributed by atoms with Crippen molar-refractivity contribution in [2.45, 2.75) is 6.18 Å². The van der Waals surface area contributed by atoms with Crippen molar-refractivity contribution < 1.29 is 17.6 Å². The van der Waals surface area contributed by atoms with Gasteiger partial charge in [-0.25, -0.2) is 4.79 Å². The van der Waals surface area contributed by atoms with Gasteiger partial charge in [0.25, 0.3) is 0 Å². The summed E-state index contributed by atoms with van der Waals surface area (Å²) in [6.07, 6.45) is -1.45. The average molecular weight is 291 g/mol. The van der Waals surface area contributed by atoms with Crippen molar-refractivity contribution in [3.05, 3.63) is 64.8 Å². The van der Waals surface area contributed by atoms with Gasteiger partial charge in [-0.1, -0.05) is 12.1 Å². The first kappa shape index (κ1) is 13.4. The molecule has 0 aliphatic rings. The second kappa shape index (κ2) is 4.73. The molecule has 0 atom stereocenters. The summed E-state index contributed by atoms with van der Waals surface area (Å²) in [5.41, 5.74) is -0.466. The van der Waals surface area contributed by atoms with E-state index in [1.807, 2.05) is 0 Å². The first-order valence-corrected chi connectivity index (χ1v) is 6.01. The zero-order valence-electron chi connectivity index (χ0n) is 10.5. The van der Waals surface area contributed by atoms with E-state index in [1.54, 1.807) is 18.3 Å². The number of hydrogen-bond donors (Lipinski definition) is 0. The number of fused-ring (bicyclic) bond motifs is 1. The molecular formula is C15H8F3NO2. The molecule has 0 unspecified atom stereocenters. The van der Waals surface area contributed by atoms with Crippen LogP contribution >= 0.6 is 0 Å². The molecule has 0 saturated carbocycles. The third-order valence-corrected chi connectivity index (χ3v) is 3.06. The van der Waals surface area contributed by atoms with Gasteiger partial charge in [-0.05, 0) is 29.8 Å². The predicted octanol–water partition coefficient (Wildman–Crippen LogP) is 3.87. The van der Waals surface area contributed by atoms with Crippen LogP contribution in [0.3, 0.4) is 0 Å². The van der Waals surface area contributed by atoms with Gasteiger partial charge in [0, 0.05) is 11.6 Å². The molecule has 0 aliphatic heterocycles. The summed E-state index contributed by atoms with van der Waals surface area (Å²) < 4.78 is 42.7. The molecule has 6 heteroatoms. The van der Waals surface area contributed by atoms with E-state index in [0.29, 0.717) is 16.5 Å². The lowest BCUT2D eigenvalue weighted by Crippen LogP contribution is -2.06. The van der Waals surface area contributed by atoms with E-state index in [4.69, 9.17) is 4.42 Å². The molecule has 0 amide bonds. The third kappa shape index (κ3) is 2.52. The van der Waals surface area contributed by atoms with E-state index in [2.05, 4.69) is 4.98 Å². The Morgan fingerprint density at radius 2 is 1.76 bits per heavy atom. The largest absolute Gasteiger partial charge is 0.421 e. The summed E-state index contributed by atoms with van der Waals surface area (Å²) in [7, 11) is 0. The molecule has 0 spiro atoms. The molecule has 2 heterocycles. The van der Waals surface area contributed by atoms with E-state index in [1.165, 1.54) is 18.3 Å². The van der Waals surface area contributed by atoms with Crippen LogP contribution in [-0.4, -0.2) is 4.98 Å². The van der Waals surface area contributed by atoms with Crippen LogP contribution in [0, 0.1) is 0 Å². The maximum Gasteiger partial charge on any atom is 0.416 e. The Labute approximate surface area is 116 Å².